The molecule has 0 spiro atoms. The molecule has 0 aliphatic carbocycles. The van der Waals surface area contributed by atoms with E-state index >= 15 is 0 Å². The second kappa shape index (κ2) is 5.65. The Morgan fingerprint density at radius 1 is 1.53 bits per heavy atom. The van der Waals surface area contributed by atoms with Crippen LogP contribution in [0.5, 0.6) is 0 Å². The fraction of sp³-hybridized carbons (Fsp3) is 0.615. The van der Waals surface area contributed by atoms with Gasteiger partial charge < -0.3 is 10.4 Å². The molecule has 0 aliphatic heterocycles. The van der Waals surface area contributed by atoms with Gasteiger partial charge in [-0.05, 0) is 31.2 Å². The van der Waals surface area contributed by atoms with Crippen LogP contribution in [0, 0.1) is 5.92 Å². The number of aliphatic hydroxyl groups excluding tert-OH is 1. The predicted molar refractivity (Wildman–Crippen MR) is 71.2 cm³/mol. The number of aliphatic hydroxyl groups is 1. The number of carbonyl (C=O) groups excluding carboxylic acids is 1. The van der Waals surface area contributed by atoms with E-state index in [9.17, 15) is 9.90 Å². The van der Waals surface area contributed by atoms with Crippen molar-refractivity contribution < 1.29 is 9.90 Å². The number of rotatable bonds is 5. The molecular formula is C13H21NO2S. The highest BCUT2D eigenvalue weighted by Crippen LogP contribution is 2.27. The summed E-state index contributed by atoms with van der Waals surface area (Å²) in [5.41, 5.74) is -0.537. The summed E-state index contributed by atoms with van der Waals surface area (Å²) < 4.78 is 0. The highest BCUT2D eigenvalue weighted by atomic mass is 32.1. The second-order valence-electron chi connectivity index (χ2n) is 5.12. The molecule has 1 aromatic heterocycles. The number of hydrogen-bond acceptors (Lipinski definition) is 3. The molecule has 0 saturated heterocycles. The van der Waals surface area contributed by atoms with Crippen LogP contribution in [0.1, 0.15) is 32.6 Å². The average molecular weight is 255 g/mol. The molecule has 1 atom stereocenters. The predicted octanol–water partition coefficient (Wildman–Crippen LogP) is 2.16. The summed E-state index contributed by atoms with van der Waals surface area (Å²) in [6.45, 7) is 7.97. The van der Waals surface area contributed by atoms with Crippen LogP contribution in [0.2, 0.25) is 0 Å². The maximum atomic E-state index is 12.1. The molecule has 1 aromatic rings. The van der Waals surface area contributed by atoms with E-state index < -0.39 is 11.5 Å². The lowest BCUT2D eigenvalue weighted by molar-refractivity contribution is -0.126. The van der Waals surface area contributed by atoms with Gasteiger partial charge >= 0.3 is 0 Å². The van der Waals surface area contributed by atoms with E-state index in [1.807, 2.05) is 45.2 Å². The normalized spacial score (nSPS) is 13.8. The molecule has 1 heterocycles. The molecule has 4 heteroatoms. The van der Waals surface area contributed by atoms with Gasteiger partial charge in [0.05, 0.1) is 11.5 Å². The molecule has 0 radical (unpaired) electrons. The van der Waals surface area contributed by atoms with E-state index in [4.69, 9.17) is 0 Å². The molecule has 0 fully saturated rings. The number of hydrogen-bond donors (Lipinski definition) is 2. The Labute approximate surface area is 107 Å². The lowest BCUT2D eigenvalue weighted by Crippen LogP contribution is -2.43. The van der Waals surface area contributed by atoms with Crippen molar-refractivity contribution in [2.75, 3.05) is 6.54 Å². The van der Waals surface area contributed by atoms with E-state index in [2.05, 4.69) is 5.32 Å². The number of amides is 1. The van der Waals surface area contributed by atoms with Gasteiger partial charge in [-0.1, -0.05) is 19.9 Å². The molecule has 0 aliphatic rings. The molecule has 0 bridgehead atoms. The van der Waals surface area contributed by atoms with Crippen LogP contribution in [-0.4, -0.2) is 23.7 Å². The summed E-state index contributed by atoms with van der Waals surface area (Å²) in [6.07, 6.45) is -0.488. The van der Waals surface area contributed by atoms with E-state index in [0.29, 0.717) is 6.54 Å². The van der Waals surface area contributed by atoms with Gasteiger partial charge in [0.2, 0.25) is 5.91 Å². The van der Waals surface area contributed by atoms with Crippen LogP contribution in [0.25, 0.3) is 0 Å². The lowest BCUT2D eigenvalue weighted by atomic mass is 9.90. The van der Waals surface area contributed by atoms with Crippen molar-refractivity contribution in [1.29, 1.82) is 0 Å². The maximum absolute atomic E-state index is 12.1. The third kappa shape index (κ3) is 3.54. The first-order valence-electron chi connectivity index (χ1n) is 5.86. The van der Waals surface area contributed by atoms with Gasteiger partial charge in [0, 0.05) is 11.4 Å². The third-order valence-electron chi connectivity index (χ3n) is 2.95. The van der Waals surface area contributed by atoms with Crippen LogP contribution in [0.3, 0.4) is 0 Å². The van der Waals surface area contributed by atoms with Crippen molar-refractivity contribution in [2.24, 2.45) is 5.92 Å². The molecule has 0 saturated carbocycles. The van der Waals surface area contributed by atoms with E-state index in [1.165, 1.54) is 0 Å². The summed E-state index contributed by atoms with van der Waals surface area (Å²) in [5.74, 6) is 0.111. The van der Waals surface area contributed by atoms with Crippen LogP contribution in [0.4, 0.5) is 0 Å². The molecule has 0 aromatic carbocycles. The summed E-state index contributed by atoms with van der Waals surface area (Å²) in [7, 11) is 0. The van der Waals surface area contributed by atoms with E-state index in [-0.39, 0.29) is 11.8 Å². The maximum Gasteiger partial charge on any atom is 0.231 e. The number of nitrogens with one attached hydrogen (secondary N) is 1. The van der Waals surface area contributed by atoms with E-state index in [0.717, 1.165) is 4.88 Å². The zero-order valence-electron chi connectivity index (χ0n) is 10.9. The second-order valence-corrected chi connectivity index (χ2v) is 6.07. The Morgan fingerprint density at radius 3 is 2.65 bits per heavy atom. The third-order valence-corrected chi connectivity index (χ3v) is 4.14. The summed E-state index contributed by atoms with van der Waals surface area (Å²) in [5, 5.41) is 14.4. The van der Waals surface area contributed by atoms with Gasteiger partial charge in [-0.3, -0.25) is 4.79 Å². The van der Waals surface area contributed by atoms with Gasteiger partial charge in [-0.2, -0.15) is 0 Å². The summed E-state index contributed by atoms with van der Waals surface area (Å²) in [6, 6.07) is 3.90. The zero-order chi connectivity index (χ0) is 13.1. The first-order valence-corrected chi connectivity index (χ1v) is 6.74. The zero-order valence-corrected chi connectivity index (χ0v) is 11.7. The Morgan fingerprint density at radius 2 is 2.18 bits per heavy atom. The highest BCUT2D eigenvalue weighted by molar-refractivity contribution is 7.10. The minimum absolute atomic E-state index is 0.0420. The van der Waals surface area contributed by atoms with Crippen LogP contribution in [0.15, 0.2) is 17.5 Å². The van der Waals surface area contributed by atoms with Gasteiger partial charge in [-0.25, -0.2) is 0 Å². The van der Waals surface area contributed by atoms with E-state index in [1.54, 1.807) is 11.3 Å². The minimum Gasteiger partial charge on any atom is -0.391 e. The molecule has 17 heavy (non-hydrogen) atoms. The quantitative estimate of drug-likeness (QED) is 0.847. The molecule has 96 valence electrons. The molecule has 3 nitrogen and oxygen atoms in total. The molecule has 2 N–H and O–H groups in total. The van der Waals surface area contributed by atoms with Crippen molar-refractivity contribution in [3.05, 3.63) is 22.4 Å². The first-order chi connectivity index (χ1) is 7.85. The highest BCUT2D eigenvalue weighted by Gasteiger charge is 2.30. The topological polar surface area (TPSA) is 49.3 Å². The van der Waals surface area contributed by atoms with Gasteiger partial charge in [-0.15, -0.1) is 11.3 Å². The molecule has 1 amide bonds. The molecule has 1 rings (SSSR count). The van der Waals surface area contributed by atoms with Crippen LogP contribution in [-0.2, 0) is 10.2 Å². The monoisotopic (exact) mass is 255 g/mol. The van der Waals surface area contributed by atoms with Crippen molar-refractivity contribution in [1.82, 2.24) is 5.32 Å². The average Bonchev–Trinajstić information content (AvgIpc) is 2.78. The largest absolute Gasteiger partial charge is 0.391 e. The van der Waals surface area contributed by atoms with Crippen LogP contribution < -0.4 is 5.32 Å². The molecule has 1 unspecified atom stereocenters. The fourth-order valence-corrected chi connectivity index (χ4v) is 2.25. The number of carbonyl (C=O) groups is 1. The minimum atomic E-state index is -0.537. The standard InChI is InChI=1S/C13H21NO2S/c1-9(2)10(15)8-14-12(16)13(3,4)11-6-5-7-17-11/h5-7,9-10,15H,8H2,1-4H3,(H,14,16). The van der Waals surface area contributed by atoms with Crippen molar-refractivity contribution in [3.8, 4) is 0 Å². The Bertz CT molecular complexity index is 358. The van der Waals surface area contributed by atoms with Gasteiger partial charge in [0.1, 0.15) is 0 Å². The SMILES string of the molecule is CC(C)C(O)CNC(=O)C(C)(C)c1cccs1. The lowest BCUT2D eigenvalue weighted by Gasteiger charge is -2.24. The Hall–Kier alpha value is -0.870. The van der Waals surface area contributed by atoms with Gasteiger partial charge in [0.15, 0.2) is 0 Å². The fourth-order valence-electron chi connectivity index (χ4n) is 1.40. The molecular weight excluding hydrogens is 234 g/mol. The van der Waals surface area contributed by atoms with Crippen molar-refractivity contribution >= 4 is 17.2 Å². The first kappa shape index (κ1) is 14.2. The summed E-state index contributed by atoms with van der Waals surface area (Å²) >= 11 is 1.58. The van der Waals surface area contributed by atoms with Gasteiger partial charge in [0.25, 0.3) is 0 Å². The van der Waals surface area contributed by atoms with Crippen LogP contribution >= 0.6 is 11.3 Å². The Balaban J connectivity index is 2.59. The smallest absolute Gasteiger partial charge is 0.231 e. The Kier molecular flexibility index (Phi) is 4.71. The van der Waals surface area contributed by atoms with Crippen molar-refractivity contribution in [2.45, 2.75) is 39.2 Å². The van der Waals surface area contributed by atoms with Crippen molar-refractivity contribution in [3.63, 3.8) is 0 Å². The number of thiophene rings is 1. The summed E-state index contributed by atoms with van der Waals surface area (Å²) in [4.78, 5) is 13.1.